The first-order chi connectivity index (χ1) is 11.0. The van der Waals surface area contributed by atoms with E-state index >= 15 is 0 Å². The number of H-pyrrole nitrogens is 1. The van der Waals surface area contributed by atoms with Crippen LogP contribution in [-0.2, 0) is 13.0 Å². The number of carbonyl (C=O) groups is 1. The fraction of sp³-hybridized carbons (Fsp3) is 0.333. The molecule has 1 aliphatic rings. The van der Waals surface area contributed by atoms with E-state index in [9.17, 15) is 14.7 Å². The smallest absolute Gasteiger partial charge is 0.253 e. The van der Waals surface area contributed by atoms with Crippen LogP contribution in [0.15, 0.2) is 29.1 Å². The lowest BCUT2D eigenvalue weighted by Crippen LogP contribution is -2.28. The third-order valence-corrected chi connectivity index (χ3v) is 4.40. The second-order valence-electron chi connectivity index (χ2n) is 6.05. The number of aromatic nitrogens is 1. The van der Waals surface area contributed by atoms with Crippen molar-refractivity contribution in [1.82, 2.24) is 10.3 Å². The number of fused-ring (bicyclic) bond motifs is 1. The van der Waals surface area contributed by atoms with E-state index < -0.39 is 6.10 Å². The van der Waals surface area contributed by atoms with Crippen LogP contribution in [0.25, 0.3) is 0 Å². The Labute approximate surface area is 134 Å². The lowest BCUT2D eigenvalue weighted by molar-refractivity contribution is 0.0950. The molecule has 1 aromatic carbocycles. The number of hydrogen-bond acceptors (Lipinski definition) is 3. The van der Waals surface area contributed by atoms with Crippen LogP contribution in [0.3, 0.4) is 0 Å². The zero-order valence-corrected chi connectivity index (χ0v) is 13.3. The molecule has 0 saturated heterocycles. The van der Waals surface area contributed by atoms with E-state index in [2.05, 4.69) is 10.3 Å². The number of amides is 1. The molecule has 0 fully saturated rings. The molecule has 0 bridgehead atoms. The Hall–Kier alpha value is -2.40. The van der Waals surface area contributed by atoms with Gasteiger partial charge in [-0.05, 0) is 55.5 Å². The molecule has 3 rings (SSSR count). The van der Waals surface area contributed by atoms with Gasteiger partial charge in [-0.2, -0.15) is 0 Å². The summed E-state index contributed by atoms with van der Waals surface area (Å²) < 4.78 is 0. The maximum atomic E-state index is 12.5. The van der Waals surface area contributed by atoms with Crippen LogP contribution in [0.2, 0.25) is 0 Å². The number of carbonyl (C=O) groups excluding carboxylic acids is 1. The lowest BCUT2D eigenvalue weighted by Gasteiger charge is -2.11. The highest BCUT2D eigenvalue weighted by Crippen LogP contribution is 2.32. The third-order valence-electron chi connectivity index (χ3n) is 4.40. The maximum Gasteiger partial charge on any atom is 0.253 e. The highest BCUT2D eigenvalue weighted by molar-refractivity contribution is 5.96. The summed E-state index contributed by atoms with van der Waals surface area (Å²) in [6.07, 6.45) is 0.862. The average molecular weight is 312 g/mol. The van der Waals surface area contributed by atoms with Crippen LogP contribution in [0, 0.1) is 13.8 Å². The number of aliphatic hydroxyl groups is 1. The summed E-state index contributed by atoms with van der Waals surface area (Å²) in [4.78, 5) is 27.2. The van der Waals surface area contributed by atoms with Gasteiger partial charge >= 0.3 is 0 Å². The number of nitrogens with one attached hydrogen (secondary N) is 2. The lowest BCUT2D eigenvalue weighted by atomic mass is 10.0. The van der Waals surface area contributed by atoms with E-state index in [0.717, 1.165) is 22.4 Å². The zero-order chi connectivity index (χ0) is 16.6. The molecule has 1 unspecified atom stereocenters. The van der Waals surface area contributed by atoms with Gasteiger partial charge in [-0.1, -0.05) is 12.1 Å². The first-order valence-electron chi connectivity index (χ1n) is 7.75. The molecule has 0 radical (unpaired) electrons. The number of hydrogen-bond donors (Lipinski definition) is 3. The molecular formula is C18H20N2O3. The Morgan fingerprint density at radius 2 is 2.17 bits per heavy atom. The molecule has 3 N–H and O–H groups in total. The van der Waals surface area contributed by atoms with Gasteiger partial charge < -0.3 is 15.4 Å². The van der Waals surface area contributed by atoms with Gasteiger partial charge in [0.15, 0.2) is 0 Å². The van der Waals surface area contributed by atoms with E-state index in [1.807, 2.05) is 26.0 Å². The summed E-state index contributed by atoms with van der Waals surface area (Å²) in [6.45, 7) is 3.88. The minimum absolute atomic E-state index is 0.170. The second kappa shape index (κ2) is 6.01. The van der Waals surface area contributed by atoms with Crippen molar-refractivity contribution in [3.8, 4) is 0 Å². The summed E-state index contributed by atoms with van der Waals surface area (Å²) >= 11 is 0. The fourth-order valence-corrected chi connectivity index (χ4v) is 3.21. The van der Waals surface area contributed by atoms with Crippen LogP contribution in [-0.4, -0.2) is 16.0 Å². The number of benzene rings is 1. The first-order valence-corrected chi connectivity index (χ1v) is 7.75. The van der Waals surface area contributed by atoms with Gasteiger partial charge in [-0.3, -0.25) is 9.59 Å². The molecule has 0 saturated carbocycles. The normalized spacial score (nSPS) is 16.2. The summed E-state index contributed by atoms with van der Waals surface area (Å²) in [5, 5.41) is 12.7. The van der Waals surface area contributed by atoms with E-state index in [1.165, 1.54) is 0 Å². The molecule has 1 atom stereocenters. The van der Waals surface area contributed by atoms with Gasteiger partial charge in [0.1, 0.15) is 0 Å². The highest BCUT2D eigenvalue weighted by Gasteiger charge is 2.24. The van der Waals surface area contributed by atoms with E-state index in [-0.39, 0.29) is 18.0 Å². The topological polar surface area (TPSA) is 82.2 Å². The molecule has 1 aromatic heterocycles. The highest BCUT2D eigenvalue weighted by atomic mass is 16.3. The number of pyridine rings is 1. The molecule has 0 aliphatic heterocycles. The SMILES string of the molecule is Cc1cc(C)c(CNC(=O)c2cccc3c2CCC3O)c(=O)[nH]1. The number of aryl methyl sites for hydroxylation is 2. The molecule has 5 nitrogen and oxygen atoms in total. The molecule has 23 heavy (non-hydrogen) atoms. The van der Waals surface area contributed by atoms with Crippen molar-refractivity contribution in [2.75, 3.05) is 0 Å². The van der Waals surface area contributed by atoms with Gasteiger partial charge in [-0.15, -0.1) is 0 Å². The van der Waals surface area contributed by atoms with Gasteiger partial charge in [0.05, 0.1) is 6.10 Å². The van der Waals surface area contributed by atoms with Crippen molar-refractivity contribution in [2.24, 2.45) is 0 Å². The molecule has 120 valence electrons. The van der Waals surface area contributed by atoms with Crippen molar-refractivity contribution in [1.29, 1.82) is 0 Å². The Kier molecular flexibility index (Phi) is 4.05. The van der Waals surface area contributed by atoms with Crippen LogP contribution < -0.4 is 10.9 Å². The molecule has 1 heterocycles. The quantitative estimate of drug-likeness (QED) is 0.809. The number of aliphatic hydroxyl groups excluding tert-OH is 1. The summed E-state index contributed by atoms with van der Waals surface area (Å²) in [5.41, 5.74) is 4.39. The number of rotatable bonds is 3. The first kappa shape index (κ1) is 15.5. The summed E-state index contributed by atoms with van der Waals surface area (Å²) in [7, 11) is 0. The van der Waals surface area contributed by atoms with Crippen molar-refractivity contribution in [3.05, 3.63) is 68.1 Å². The summed E-state index contributed by atoms with van der Waals surface area (Å²) in [6, 6.07) is 7.29. The minimum atomic E-state index is -0.486. The predicted octanol–water partition coefficient (Wildman–Crippen LogP) is 1.90. The van der Waals surface area contributed by atoms with Gasteiger partial charge in [0, 0.05) is 23.4 Å². The van der Waals surface area contributed by atoms with Gasteiger partial charge in [-0.25, -0.2) is 0 Å². The second-order valence-corrected chi connectivity index (χ2v) is 6.05. The van der Waals surface area contributed by atoms with Gasteiger partial charge in [0.25, 0.3) is 11.5 Å². The summed E-state index contributed by atoms with van der Waals surface area (Å²) in [5.74, 6) is -0.213. The predicted molar refractivity (Wildman–Crippen MR) is 87.4 cm³/mol. The molecular weight excluding hydrogens is 292 g/mol. The largest absolute Gasteiger partial charge is 0.388 e. The van der Waals surface area contributed by atoms with Gasteiger partial charge in [0.2, 0.25) is 0 Å². The Morgan fingerprint density at radius 3 is 2.91 bits per heavy atom. The average Bonchev–Trinajstić information content (AvgIpc) is 2.87. The van der Waals surface area contributed by atoms with E-state index in [1.54, 1.807) is 12.1 Å². The molecule has 2 aromatic rings. The van der Waals surface area contributed by atoms with Crippen molar-refractivity contribution in [3.63, 3.8) is 0 Å². The van der Waals surface area contributed by atoms with E-state index in [4.69, 9.17) is 0 Å². The molecule has 0 spiro atoms. The Bertz CT molecular complexity index is 824. The Balaban J connectivity index is 1.81. The number of aromatic amines is 1. The molecule has 5 heteroatoms. The molecule has 1 amide bonds. The van der Waals surface area contributed by atoms with Crippen molar-refractivity contribution in [2.45, 2.75) is 39.3 Å². The van der Waals surface area contributed by atoms with Crippen molar-refractivity contribution < 1.29 is 9.90 Å². The zero-order valence-electron chi connectivity index (χ0n) is 13.3. The molecule has 1 aliphatic carbocycles. The monoisotopic (exact) mass is 312 g/mol. The minimum Gasteiger partial charge on any atom is -0.388 e. The van der Waals surface area contributed by atoms with Crippen LogP contribution >= 0.6 is 0 Å². The Morgan fingerprint density at radius 1 is 1.39 bits per heavy atom. The van der Waals surface area contributed by atoms with Crippen LogP contribution in [0.1, 0.15) is 50.8 Å². The van der Waals surface area contributed by atoms with Crippen LogP contribution in [0.4, 0.5) is 0 Å². The van der Waals surface area contributed by atoms with Crippen LogP contribution in [0.5, 0.6) is 0 Å². The fourth-order valence-electron chi connectivity index (χ4n) is 3.21. The van der Waals surface area contributed by atoms with E-state index in [0.29, 0.717) is 24.0 Å². The third kappa shape index (κ3) is 2.92. The standard InChI is InChI=1S/C18H20N2O3/c1-10-8-11(2)20-18(23)15(10)9-19-17(22)14-5-3-4-13-12(14)6-7-16(13)21/h3-5,8,16,21H,6-7,9H2,1-2H3,(H,19,22)(H,20,23). The maximum absolute atomic E-state index is 12.5. The van der Waals surface area contributed by atoms with Crippen molar-refractivity contribution >= 4 is 5.91 Å².